The Morgan fingerprint density at radius 3 is 2.33 bits per heavy atom. The van der Waals surface area contributed by atoms with Crippen LogP contribution < -0.4 is 4.74 Å². The van der Waals surface area contributed by atoms with Gasteiger partial charge < -0.3 is 4.74 Å². The molecular formula is C23H30O. The molecule has 0 aliphatic rings. The average molecular weight is 322 g/mol. The minimum atomic E-state index is 0.937. The fourth-order valence-corrected chi connectivity index (χ4v) is 3.21. The zero-order chi connectivity index (χ0) is 17.5. The summed E-state index contributed by atoms with van der Waals surface area (Å²) in [5.41, 5.74) is 7.33. The molecule has 0 fully saturated rings. The molecule has 0 saturated carbocycles. The highest BCUT2D eigenvalue weighted by atomic mass is 16.5. The number of rotatable bonds is 8. The Morgan fingerprint density at radius 2 is 1.75 bits per heavy atom. The molecule has 0 heterocycles. The Labute approximate surface area is 147 Å². The van der Waals surface area contributed by atoms with Crippen molar-refractivity contribution in [2.45, 2.75) is 52.9 Å². The molecule has 2 aromatic rings. The van der Waals surface area contributed by atoms with Gasteiger partial charge in [0.05, 0.1) is 7.11 Å². The van der Waals surface area contributed by atoms with E-state index in [-0.39, 0.29) is 0 Å². The molecule has 0 radical (unpaired) electrons. The number of benzene rings is 2. The van der Waals surface area contributed by atoms with Crippen molar-refractivity contribution in [3.63, 3.8) is 0 Å². The van der Waals surface area contributed by atoms with Gasteiger partial charge in [0.2, 0.25) is 0 Å². The predicted molar refractivity (Wildman–Crippen MR) is 105 cm³/mol. The summed E-state index contributed by atoms with van der Waals surface area (Å²) in [6.45, 7) is 10.9. The van der Waals surface area contributed by atoms with Gasteiger partial charge in [-0.25, -0.2) is 0 Å². The van der Waals surface area contributed by atoms with Crippen LogP contribution in [0.3, 0.4) is 0 Å². The summed E-state index contributed by atoms with van der Waals surface area (Å²) in [5.74, 6) is 0.963. The summed E-state index contributed by atoms with van der Waals surface area (Å²) in [6.07, 6.45) is 5.94. The third kappa shape index (κ3) is 4.29. The molecule has 0 aliphatic carbocycles. The second-order valence-corrected chi connectivity index (χ2v) is 6.48. The molecule has 0 spiro atoms. The van der Waals surface area contributed by atoms with Crippen LogP contribution in [0.1, 0.15) is 60.9 Å². The molecule has 0 amide bonds. The Kier molecular flexibility index (Phi) is 6.66. The molecule has 1 heteroatoms. The summed E-state index contributed by atoms with van der Waals surface area (Å²) >= 11 is 0. The molecule has 0 aromatic heterocycles. The number of unbranched alkanes of at least 4 members (excludes halogenated alkanes) is 2. The second kappa shape index (κ2) is 8.73. The zero-order valence-electron chi connectivity index (χ0n) is 15.6. The lowest BCUT2D eigenvalue weighted by Crippen LogP contribution is -1.99. The summed E-state index contributed by atoms with van der Waals surface area (Å²) in [7, 11) is 1.74. The van der Waals surface area contributed by atoms with Gasteiger partial charge in [0.1, 0.15) is 5.75 Å². The first kappa shape index (κ1) is 18.3. The fourth-order valence-electron chi connectivity index (χ4n) is 3.21. The molecule has 0 bridgehead atoms. The highest BCUT2D eigenvalue weighted by Gasteiger charge is 2.13. The number of ether oxygens (including phenoxy) is 1. The Morgan fingerprint density at radius 1 is 1.04 bits per heavy atom. The van der Waals surface area contributed by atoms with E-state index in [1.165, 1.54) is 53.5 Å². The van der Waals surface area contributed by atoms with E-state index in [0.29, 0.717) is 0 Å². The zero-order valence-corrected chi connectivity index (χ0v) is 15.6. The summed E-state index contributed by atoms with van der Waals surface area (Å²) in [6, 6.07) is 13.2. The molecule has 2 rings (SSSR count). The maximum Gasteiger partial charge on any atom is 0.122 e. The van der Waals surface area contributed by atoms with E-state index in [0.717, 1.165) is 17.7 Å². The Hall–Kier alpha value is -2.02. The van der Waals surface area contributed by atoms with Crippen LogP contribution in [-0.2, 0) is 12.8 Å². The van der Waals surface area contributed by atoms with Gasteiger partial charge in [0, 0.05) is 5.56 Å². The molecule has 0 aliphatic heterocycles. The quantitative estimate of drug-likeness (QED) is 0.514. The molecule has 128 valence electrons. The van der Waals surface area contributed by atoms with Crippen LogP contribution in [0, 0.1) is 6.92 Å². The van der Waals surface area contributed by atoms with Gasteiger partial charge in [-0.3, -0.25) is 0 Å². The highest BCUT2D eigenvalue weighted by molar-refractivity contribution is 5.81. The summed E-state index contributed by atoms with van der Waals surface area (Å²) in [5, 5.41) is 0. The normalized spacial score (nSPS) is 10.7. The van der Waals surface area contributed by atoms with E-state index in [4.69, 9.17) is 4.74 Å². The standard InChI is InChI=1S/C23H30O/c1-6-8-9-10-19-11-13-20(14-12-19)18(4)22-15-17(3)16-23(24-5)21(22)7-2/h11-16H,4,6-10H2,1-3,5H3. The molecule has 1 nitrogen and oxygen atoms in total. The van der Waals surface area contributed by atoms with E-state index >= 15 is 0 Å². The molecule has 0 atom stereocenters. The first-order chi connectivity index (χ1) is 11.6. The van der Waals surface area contributed by atoms with E-state index in [2.05, 4.69) is 63.7 Å². The lowest BCUT2D eigenvalue weighted by molar-refractivity contribution is 0.409. The first-order valence-electron chi connectivity index (χ1n) is 9.06. The third-order valence-electron chi connectivity index (χ3n) is 4.62. The van der Waals surface area contributed by atoms with Gasteiger partial charge in [0.25, 0.3) is 0 Å². The van der Waals surface area contributed by atoms with E-state index in [9.17, 15) is 0 Å². The van der Waals surface area contributed by atoms with Gasteiger partial charge in [-0.1, -0.05) is 63.6 Å². The topological polar surface area (TPSA) is 9.23 Å². The summed E-state index contributed by atoms with van der Waals surface area (Å²) < 4.78 is 5.58. The van der Waals surface area contributed by atoms with Crippen LogP contribution in [0.5, 0.6) is 5.75 Å². The lowest BCUT2D eigenvalue weighted by atomic mass is 9.91. The van der Waals surface area contributed by atoms with Crippen molar-refractivity contribution in [1.82, 2.24) is 0 Å². The summed E-state index contributed by atoms with van der Waals surface area (Å²) in [4.78, 5) is 0. The molecule has 0 unspecified atom stereocenters. The van der Waals surface area contributed by atoms with Crippen LogP contribution in [0.25, 0.3) is 5.57 Å². The van der Waals surface area contributed by atoms with Crippen molar-refractivity contribution in [2.24, 2.45) is 0 Å². The van der Waals surface area contributed by atoms with Crippen molar-refractivity contribution in [1.29, 1.82) is 0 Å². The molecule has 2 aromatic carbocycles. The van der Waals surface area contributed by atoms with Crippen molar-refractivity contribution in [2.75, 3.05) is 7.11 Å². The van der Waals surface area contributed by atoms with Crippen LogP contribution >= 0.6 is 0 Å². The van der Waals surface area contributed by atoms with E-state index in [1.54, 1.807) is 7.11 Å². The predicted octanol–water partition coefficient (Wildman–Crippen LogP) is 6.36. The number of aryl methyl sites for hydroxylation is 2. The second-order valence-electron chi connectivity index (χ2n) is 6.48. The highest BCUT2D eigenvalue weighted by Crippen LogP contribution is 2.32. The molecular weight excluding hydrogens is 292 g/mol. The third-order valence-corrected chi connectivity index (χ3v) is 4.62. The van der Waals surface area contributed by atoms with Crippen LogP contribution in [0.2, 0.25) is 0 Å². The monoisotopic (exact) mass is 322 g/mol. The van der Waals surface area contributed by atoms with E-state index < -0.39 is 0 Å². The minimum Gasteiger partial charge on any atom is -0.496 e. The molecule has 0 N–H and O–H groups in total. The van der Waals surface area contributed by atoms with Gasteiger partial charge >= 0.3 is 0 Å². The van der Waals surface area contributed by atoms with Crippen molar-refractivity contribution in [3.8, 4) is 5.75 Å². The van der Waals surface area contributed by atoms with E-state index in [1.807, 2.05) is 0 Å². The number of hydrogen-bond acceptors (Lipinski definition) is 1. The molecule has 24 heavy (non-hydrogen) atoms. The van der Waals surface area contributed by atoms with Crippen molar-refractivity contribution < 1.29 is 4.74 Å². The minimum absolute atomic E-state index is 0.937. The van der Waals surface area contributed by atoms with Gasteiger partial charge in [-0.15, -0.1) is 0 Å². The van der Waals surface area contributed by atoms with Gasteiger partial charge in [-0.05, 0) is 60.1 Å². The Balaban J connectivity index is 2.27. The van der Waals surface area contributed by atoms with Gasteiger partial charge in [-0.2, -0.15) is 0 Å². The largest absolute Gasteiger partial charge is 0.496 e. The number of methoxy groups -OCH3 is 1. The maximum atomic E-state index is 5.58. The van der Waals surface area contributed by atoms with Crippen LogP contribution in [0.4, 0.5) is 0 Å². The SMILES string of the molecule is C=C(c1ccc(CCCCC)cc1)c1cc(C)cc(OC)c1CC. The number of hydrogen-bond donors (Lipinski definition) is 0. The van der Waals surface area contributed by atoms with Crippen molar-refractivity contribution >= 4 is 5.57 Å². The van der Waals surface area contributed by atoms with Gasteiger partial charge in [0.15, 0.2) is 0 Å². The first-order valence-corrected chi connectivity index (χ1v) is 9.06. The fraction of sp³-hybridized carbons (Fsp3) is 0.391. The Bertz CT molecular complexity index is 680. The van der Waals surface area contributed by atoms with Crippen molar-refractivity contribution in [3.05, 3.63) is 70.8 Å². The average Bonchev–Trinajstić information content (AvgIpc) is 2.61. The van der Waals surface area contributed by atoms with Crippen LogP contribution in [0.15, 0.2) is 43.0 Å². The smallest absolute Gasteiger partial charge is 0.122 e. The molecule has 0 saturated heterocycles. The van der Waals surface area contributed by atoms with Crippen LogP contribution in [-0.4, -0.2) is 7.11 Å². The lowest BCUT2D eigenvalue weighted by Gasteiger charge is -2.16. The maximum absolute atomic E-state index is 5.58.